The van der Waals surface area contributed by atoms with Crippen molar-refractivity contribution in [2.45, 2.75) is 233 Å². The number of ether oxygens (including phenoxy) is 1. The summed E-state index contributed by atoms with van der Waals surface area (Å²) >= 11 is 0. The molecule has 2 N–H and O–H groups in total. The molecule has 0 radical (unpaired) electrons. The molecule has 0 bridgehead atoms. The molecule has 4 unspecified atom stereocenters. The third-order valence-electron chi connectivity index (χ3n) is 9.35. The van der Waals surface area contributed by atoms with E-state index < -0.39 is 74.1 Å². The van der Waals surface area contributed by atoms with E-state index in [1.807, 2.05) is 0 Å². The van der Waals surface area contributed by atoms with Crippen molar-refractivity contribution in [1.82, 2.24) is 0 Å². The van der Waals surface area contributed by atoms with Gasteiger partial charge in [-0.1, -0.05) is 104 Å². The van der Waals surface area contributed by atoms with E-state index in [-0.39, 0.29) is 13.2 Å². The molecule has 0 aliphatic rings. The van der Waals surface area contributed by atoms with Gasteiger partial charge in [-0.05, 0) is 116 Å². The van der Waals surface area contributed by atoms with Crippen LogP contribution in [-0.2, 0) is 33.5 Å². The van der Waals surface area contributed by atoms with E-state index >= 15 is 0 Å². The second-order valence-corrected chi connectivity index (χ2v) is 51.4. The Morgan fingerprint density at radius 3 is 1.30 bits per heavy atom. The van der Waals surface area contributed by atoms with Gasteiger partial charge < -0.3 is 43.8 Å². The molecule has 0 aromatic carbocycles. The largest absolute Gasteiger partial charge is 0.470 e. The lowest BCUT2D eigenvalue weighted by atomic mass is 10.1. The van der Waals surface area contributed by atoms with Crippen LogP contribution in [0.3, 0.4) is 0 Å². The number of unbranched alkanes of at least 4 members (excludes halogenated alkanes) is 12. The van der Waals surface area contributed by atoms with Crippen LogP contribution in [-0.4, -0.2) is 104 Å². The summed E-state index contributed by atoms with van der Waals surface area (Å²) in [7, 11) is -20.8. The average molecular weight is 950 g/mol. The first-order valence-corrected chi connectivity index (χ1v) is 45.6. The first-order valence-electron chi connectivity index (χ1n) is 22.8. The smallest absolute Gasteiger partial charge is 0.437 e. The van der Waals surface area contributed by atoms with Crippen LogP contribution >= 0.6 is 0 Å². The molecule has 0 spiro atoms. The Morgan fingerprint density at radius 2 is 0.842 bits per heavy atom. The molecule has 0 heterocycles. The van der Waals surface area contributed by atoms with Crippen LogP contribution in [0.4, 0.5) is 0 Å². The number of aliphatic hydroxyl groups excluding tert-OH is 2. The number of aliphatic hydroxyl groups is 2. The fraction of sp³-hybridized carbons (Fsp3) is 1.00. The van der Waals surface area contributed by atoms with Crippen LogP contribution in [0.2, 0.25) is 116 Å². The average Bonchev–Trinajstić information content (AvgIpc) is 3.00. The Bertz CT molecular complexity index is 1050. The van der Waals surface area contributed by atoms with E-state index in [0.717, 1.165) is 37.8 Å². The molecule has 0 saturated heterocycles. The fourth-order valence-corrected chi connectivity index (χ4v) is 47.0. The molecular weight excluding hydrogens is 853 g/mol. The predicted octanol–water partition coefficient (Wildman–Crippen LogP) is 12.4. The van der Waals surface area contributed by atoms with Gasteiger partial charge in [0.15, 0.2) is 25.0 Å². The first kappa shape index (κ1) is 58.3. The van der Waals surface area contributed by atoms with Gasteiger partial charge in [-0.15, -0.1) is 0 Å². The Labute approximate surface area is 362 Å². The maximum Gasteiger partial charge on any atom is 0.470 e. The highest BCUT2D eigenvalue weighted by molar-refractivity contribution is 6.93. The van der Waals surface area contributed by atoms with E-state index in [4.69, 9.17) is 33.5 Å². The molecule has 0 aliphatic heterocycles. The van der Waals surface area contributed by atoms with Crippen LogP contribution in [0, 0.1) is 0 Å². The summed E-state index contributed by atoms with van der Waals surface area (Å²) in [4.78, 5) is 0. The molecule has 0 rings (SSSR count). The molecule has 0 saturated carbocycles. The zero-order chi connectivity index (χ0) is 44.1. The van der Waals surface area contributed by atoms with Gasteiger partial charge in [0.05, 0.1) is 13.2 Å². The molecule has 0 fully saturated rings. The van der Waals surface area contributed by atoms with Gasteiger partial charge in [-0.2, -0.15) is 0 Å². The Balaban J connectivity index is 6.57. The van der Waals surface area contributed by atoms with Crippen LogP contribution in [0.1, 0.15) is 110 Å². The van der Waals surface area contributed by atoms with Gasteiger partial charge >= 0.3 is 43.0 Å². The van der Waals surface area contributed by atoms with Crippen molar-refractivity contribution in [2.24, 2.45) is 0 Å². The van der Waals surface area contributed by atoms with Crippen molar-refractivity contribution < 1.29 is 43.8 Å². The topological polar surface area (TPSA) is 114 Å². The summed E-state index contributed by atoms with van der Waals surface area (Å²) in [6, 6.07) is 2.61. The molecule has 0 aliphatic carbocycles. The Hall–Kier alpha value is 1.34. The Morgan fingerprint density at radius 1 is 0.421 bits per heavy atom. The van der Waals surface area contributed by atoms with E-state index in [0.29, 0.717) is 19.1 Å². The molecule has 344 valence electrons. The molecule has 0 aromatic heterocycles. The SMILES string of the molecule is CCCCCCCCCCCCCC[Si](C)(O[Si](C)(C)O[Si](C)(C)C)O[Si](C)(O[Si](C)(C)O[Si](C)(C)CCCC)O[Si](C)(CCCOCC(O)CO)O[Si](C)(C)C. The van der Waals surface area contributed by atoms with E-state index in [2.05, 4.69) is 112 Å². The number of hydrogen-bond donors (Lipinski definition) is 2. The lowest BCUT2D eigenvalue weighted by Crippen LogP contribution is -2.66. The molecule has 18 heteroatoms. The minimum Gasteiger partial charge on any atom is -0.437 e. The Kier molecular flexibility index (Phi) is 28.1. The molecule has 57 heavy (non-hydrogen) atoms. The van der Waals surface area contributed by atoms with Crippen LogP contribution < -0.4 is 0 Å². The lowest BCUT2D eigenvalue weighted by molar-refractivity contribution is 0.00620. The normalized spacial score (nSPS) is 17.3. The zero-order valence-electron chi connectivity index (χ0n) is 40.6. The summed E-state index contributed by atoms with van der Waals surface area (Å²) < 4.78 is 56.1. The lowest BCUT2D eigenvalue weighted by Gasteiger charge is -2.47. The van der Waals surface area contributed by atoms with Gasteiger partial charge in [0.1, 0.15) is 6.10 Å². The van der Waals surface area contributed by atoms with Crippen molar-refractivity contribution in [3.8, 4) is 0 Å². The van der Waals surface area contributed by atoms with Gasteiger partial charge in [0, 0.05) is 13.2 Å². The highest BCUT2D eigenvalue weighted by Crippen LogP contribution is 2.35. The molecule has 4 atom stereocenters. The van der Waals surface area contributed by atoms with Gasteiger partial charge in [0.2, 0.25) is 0 Å². The molecule has 0 aromatic rings. The quantitative estimate of drug-likeness (QED) is 0.0461. The van der Waals surface area contributed by atoms with Crippen LogP contribution in [0.15, 0.2) is 0 Å². The highest BCUT2D eigenvalue weighted by atomic mass is 28.5. The second-order valence-electron chi connectivity index (χ2n) is 20.4. The third-order valence-corrected chi connectivity index (χ3v) is 39.8. The first-order chi connectivity index (χ1) is 26.0. The van der Waals surface area contributed by atoms with Crippen LogP contribution in [0.25, 0.3) is 0 Å². The summed E-state index contributed by atoms with van der Waals surface area (Å²) in [5.41, 5.74) is 0. The van der Waals surface area contributed by atoms with Crippen molar-refractivity contribution in [3.63, 3.8) is 0 Å². The molecule has 10 nitrogen and oxygen atoms in total. The van der Waals surface area contributed by atoms with Gasteiger partial charge in [-0.25, -0.2) is 0 Å². The summed E-state index contributed by atoms with van der Waals surface area (Å²) in [6.45, 7) is 37.7. The maximum atomic E-state index is 9.82. The fourth-order valence-electron chi connectivity index (χ4n) is 7.86. The summed E-state index contributed by atoms with van der Waals surface area (Å²) in [5.74, 6) is 0. The molecular formula is C39H96O10Si8. The van der Waals surface area contributed by atoms with E-state index in [1.54, 1.807) is 0 Å². The minimum atomic E-state index is -3.52. The monoisotopic (exact) mass is 949 g/mol. The van der Waals surface area contributed by atoms with Gasteiger partial charge in [0.25, 0.3) is 0 Å². The van der Waals surface area contributed by atoms with Crippen molar-refractivity contribution in [3.05, 3.63) is 0 Å². The van der Waals surface area contributed by atoms with Crippen molar-refractivity contribution in [1.29, 1.82) is 0 Å². The third kappa shape index (κ3) is 31.8. The van der Waals surface area contributed by atoms with Gasteiger partial charge in [-0.3, -0.25) is 0 Å². The molecule has 0 amide bonds. The van der Waals surface area contributed by atoms with Crippen LogP contribution in [0.5, 0.6) is 0 Å². The predicted molar refractivity (Wildman–Crippen MR) is 261 cm³/mol. The summed E-state index contributed by atoms with van der Waals surface area (Å²) in [6.07, 6.45) is 17.6. The van der Waals surface area contributed by atoms with E-state index in [9.17, 15) is 10.2 Å². The maximum absolute atomic E-state index is 9.82. The number of hydrogen-bond acceptors (Lipinski definition) is 10. The standard InChI is InChI=1S/C39H96O10Si8/c1-18-20-22-23-24-25-26-27-28-29-30-31-35-56(16,46-53(11,12)43-50(3,4)5)49-57(17,47-54(13,14)45-52(9,10)34-21-19-2)48-55(15,44-51(6,7)8)36-32-33-42-38-39(41)37-40/h39-41H,18-38H2,1-17H3. The summed E-state index contributed by atoms with van der Waals surface area (Å²) in [5, 5.41) is 19.1. The van der Waals surface area contributed by atoms with Crippen molar-refractivity contribution in [2.75, 3.05) is 19.8 Å². The minimum absolute atomic E-state index is 0.0949. The number of rotatable bonds is 37. The zero-order valence-corrected chi connectivity index (χ0v) is 48.6. The second kappa shape index (κ2) is 27.5. The van der Waals surface area contributed by atoms with Crippen molar-refractivity contribution >= 4 is 68.0 Å². The highest BCUT2D eigenvalue weighted by Gasteiger charge is 2.56. The van der Waals surface area contributed by atoms with E-state index in [1.165, 1.54) is 64.2 Å².